The molecule has 2 bridgehead atoms. The molecule has 2 rings (SSSR count). The molecule has 0 N–H and O–H groups in total. The van der Waals surface area contributed by atoms with Gasteiger partial charge in [-0.15, -0.1) is 0 Å². The number of fused-ring (bicyclic) bond motifs is 2. The monoisotopic (exact) mass is 149 g/mol. The lowest BCUT2D eigenvalue weighted by atomic mass is 9.83. The summed E-state index contributed by atoms with van der Waals surface area (Å²) in [5.41, 5.74) is 0. The third-order valence-corrected chi connectivity index (χ3v) is 2.75. The second-order valence-electron chi connectivity index (χ2n) is 3.34. The van der Waals surface area contributed by atoms with Crippen molar-refractivity contribution in [1.29, 1.82) is 5.26 Å². The number of rotatable bonds is 1. The fraction of sp³-hybridized carbons (Fsp3) is 0.667. The smallest absolute Gasteiger partial charge is 0.0806 e. The lowest BCUT2D eigenvalue weighted by Gasteiger charge is -2.17. The Labute approximate surface area is 66.5 Å². The molecule has 0 amide bonds. The summed E-state index contributed by atoms with van der Waals surface area (Å²) in [5, 5.41) is 8.54. The van der Waals surface area contributed by atoms with Gasteiger partial charge in [0.05, 0.1) is 18.3 Å². The van der Waals surface area contributed by atoms with Crippen LogP contribution in [-0.4, -0.2) is 12.2 Å². The average Bonchev–Trinajstić information content (AvgIpc) is 2.54. The highest BCUT2D eigenvalue weighted by Crippen LogP contribution is 2.40. The van der Waals surface area contributed by atoms with Gasteiger partial charge in [-0.05, 0) is 5.92 Å². The van der Waals surface area contributed by atoms with Gasteiger partial charge < -0.3 is 4.74 Å². The van der Waals surface area contributed by atoms with Crippen LogP contribution in [0.2, 0.25) is 0 Å². The van der Waals surface area contributed by atoms with Crippen LogP contribution >= 0.6 is 0 Å². The van der Waals surface area contributed by atoms with E-state index in [0.717, 1.165) is 0 Å². The maximum absolute atomic E-state index is 8.54. The van der Waals surface area contributed by atoms with Gasteiger partial charge in [0.1, 0.15) is 0 Å². The Kier molecular flexibility index (Phi) is 1.47. The Bertz CT molecular complexity index is 228. The van der Waals surface area contributed by atoms with Gasteiger partial charge in [-0.3, -0.25) is 0 Å². The molecule has 1 fully saturated rings. The van der Waals surface area contributed by atoms with Crippen molar-refractivity contribution in [3.8, 4) is 6.07 Å². The van der Waals surface area contributed by atoms with Crippen LogP contribution in [0.25, 0.3) is 0 Å². The first-order valence-corrected chi connectivity index (χ1v) is 4.03. The molecule has 0 aromatic rings. The molecule has 1 saturated heterocycles. The van der Waals surface area contributed by atoms with Gasteiger partial charge >= 0.3 is 0 Å². The van der Waals surface area contributed by atoms with E-state index in [2.05, 4.69) is 25.1 Å². The third-order valence-electron chi connectivity index (χ3n) is 2.75. The molecule has 0 saturated carbocycles. The third kappa shape index (κ3) is 0.883. The van der Waals surface area contributed by atoms with Gasteiger partial charge in [-0.25, -0.2) is 0 Å². The van der Waals surface area contributed by atoms with Crippen molar-refractivity contribution in [3.63, 3.8) is 0 Å². The van der Waals surface area contributed by atoms with E-state index in [1.54, 1.807) is 0 Å². The van der Waals surface area contributed by atoms with Crippen LogP contribution in [0.4, 0.5) is 0 Å². The van der Waals surface area contributed by atoms with Crippen LogP contribution in [0, 0.1) is 23.2 Å². The molecule has 0 radical (unpaired) electrons. The first-order valence-electron chi connectivity index (χ1n) is 4.03. The van der Waals surface area contributed by atoms with Gasteiger partial charge in [-0.1, -0.05) is 19.1 Å². The van der Waals surface area contributed by atoms with Crippen molar-refractivity contribution in [2.75, 3.05) is 0 Å². The van der Waals surface area contributed by atoms with E-state index in [9.17, 15) is 0 Å². The SMILES string of the molecule is C[C@@H]1[C@H](CC#N)[C@H]2C=C[C@@H]1O2. The maximum Gasteiger partial charge on any atom is 0.0806 e. The summed E-state index contributed by atoms with van der Waals surface area (Å²) >= 11 is 0. The molecule has 0 aromatic carbocycles. The predicted octanol–water partition coefficient (Wildman–Crippen LogP) is 1.49. The fourth-order valence-corrected chi connectivity index (χ4v) is 1.98. The summed E-state index contributed by atoms with van der Waals surface area (Å²) in [6.07, 6.45) is 5.36. The molecule has 2 heterocycles. The molecule has 58 valence electrons. The topological polar surface area (TPSA) is 33.0 Å². The highest BCUT2D eigenvalue weighted by Gasteiger charge is 2.42. The molecular weight excluding hydrogens is 138 g/mol. The Morgan fingerprint density at radius 3 is 2.73 bits per heavy atom. The van der Waals surface area contributed by atoms with Crippen molar-refractivity contribution >= 4 is 0 Å². The molecule has 0 aliphatic carbocycles. The number of hydrogen-bond acceptors (Lipinski definition) is 2. The molecule has 0 unspecified atom stereocenters. The minimum absolute atomic E-state index is 0.231. The van der Waals surface area contributed by atoms with Crippen molar-refractivity contribution in [2.45, 2.75) is 25.6 Å². The zero-order valence-electron chi connectivity index (χ0n) is 6.53. The normalized spacial score (nSPS) is 46.2. The van der Waals surface area contributed by atoms with Crippen molar-refractivity contribution in [1.82, 2.24) is 0 Å². The minimum Gasteiger partial charge on any atom is -0.366 e. The number of hydrogen-bond donors (Lipinski definition) is 0. The minimum atomic E-state index is 0.231. The molecule has 11 heavy (non-hydrogen) atoms. The maximum atomic E-state index is 8.54. The Balaban J connectivity index is 2.13. The predicted molar refractivity (Wildman–Crippen MR) is 40.7 cm³/mol. The number of ether oxygens (including phenoxy) is 1. The van der Waals surface area contributed by atoms with Crippen LogP contribution in [-0.2, 0) is 4.74 Å². The Morgan fingerprint density at radius 1 is 1.45 bits per heavy atom. The van der Waals surface area contributed by atoms with Crippen LogP contribution in [0.3, 0.4) is 0 Å². The lowest BCUT2D eigenvalue weighted by Crippen LogP contribution is -2.20. The summed E-state index contributed by atoms with van der Waals surface area (Å²) in [7, 11) is 0. The van der Waals surface area contributed by atoms with E-state index in [0.29, 0.717) is 24.4 Å². The van der Waals surface area contributed by atoms with Crippen LogP contribution < -0.4 is 0 Å². The van der Waals surface area contributed by atoms with Gasteiger partial charge in [0, 0.05) is 12.3 Å². The molecule has 2 aliphatic heterocycles. The second kappa shape index (κ2) is 2.35. The van der Waals surface area contributed by atoms with Crippen LogP contribution in [0.1, 0.15) is 13.3 Å². The van der Waals surface area contributed by atoms with Gasteiger partial charge in [0.15, 0.2) is 0 Å². The fourth-order valence-electron chi connectivity index (χ4n) is 1.98. The van der Waals surface area contributed by atoms with Crippen molar-refractivity contribution < 1.29 is 4.74 Å². The van der Waals surface area contributed by atoms with Crippen molar-refractivity contribution in [3.05, 3.63) is 12.2 Å². The highest BCUT2D eigenvalue weighted by atomic mass is 16.5. The van der Waals surface area contributed by atoms with E-state index in [1.807, 2.05) is 0 Å². The molecule has 0 aromatic heterocycles. The summed E-state index contributed by atoms with van der Waals surface area (Å²) < 4.78 is 5.59. The standard InChI is InChI=1S/C9H11NO/c1-6-7(4-5-10)9-3-2-8(6)11-9/h2-3,6-9H,4H2,1H3/t6-,7+,8+,9-/m1/s1. The molecule has 2 heteroatoms. The van der Waals surface area contributed by atoms with E-state index in [1.165, 1.54) is 0 Å². The Hall–Kier alpha value is -0.810. The number of nitrogens with zero attached hydrogens (tertiary/aromatic N) is 1. The van der Waals surface area contributed by atoms with E-state index >= 15 is 0 Å². The van der Waals surface area contributed by atoms with Gasteiger partial charge in [-0.2, -0.15) is 5.26 Å². The molecular formula is C9H11NO. The van der Waals surface area contributed by atoms with Crippen LogP contribution in [0.15, 0.2) is 12.2 Å². The summed E-state index contributed by atoms with van der Waals surface area (Å²) in [4.78, 5) is 0. The summed E-state index contributed by atoms with van der Waals surface area (Å²) in [5.74, 6) is 0.972. The van der Waals surface area contributed by atoms with Gasteiger partial charge in [0.2, 0.25) is 0 Å². The molecule has 2 aliphatic rings. The van der Waals surface area contributed by atoms with Crippen molar-refractivity contribution in [2.24, 2.45) is 11.8 Å². The summed E-state index contributed by atoms with van der Waals surface area (Å²) in [6.45, 7) is 2.16. The van der Waals surface area contributed by atoms with E-state index in [-0.39, 0.29) is 6.10 Å². The Morgan fingerprint density at radius 2 is 2.18 bits per heavy atom. The zero-order valence-corrected chi connectivity index (χ0v) is 6.53. The zero-order chi connectivity index (χ0) is 7.84. The second-order valence-corrected chi connectivity index (χ2v) is 3.34. The largest absolute Gasteiger partial charge is 0.366 e. The molecule has 2 nitrogen and oxygen atoms in total. The van der Waals surface area contributed by atoms with E-state index < -0.39 is 0 Å². The quantitative estimate of drug-likeness (QED) is 0.529. The highest BCUT2D eigenvalue weighted by molar-refractivity contribution is 5.14. The van der Waals surface area contributed by atoms with Crippen LogP contribution in [0.5, 0.6) is 0 Å². The molecule has 0 spiro atoms. The first-order chi connectivity index (χ1) is 5.33. The molecule has 4 atom stereocenters. The average molecular weight is 149 g/mol. The lowest BCUT2D eigenvalue weighted by molar-refractivity contribution is 0.104. The first kappa shape index (κ1) is 6.87. The van der Waals surface area contributed by atoms with E-state index in [4.69, 9.17) is 10.00 Å². The summed E-state index contributed by atoms with van der Waals surface area (Å²) in [6, 6.07) is 2.21. The number of nitriles is 1. The van der Waals surface area contributed by atoms with Gasteiger partial charge in [0.25, 0.3) is 0 Å².